The van der Waals surface area contributed by atoms with Gasteiger partial charge in [0.1, 0.15) is 0 Å². The smallest absolute Gasteiger partial charge is 0.0224 e. The second kappa shape index (κ2) is 4.23. The summed E-state index contributed by atoms with van der Waals surface area (Å²) in [5.41, 5.74) is 0.700. The third-order valence-electron chi connectivity index (χ3n) is 4.47. The van der Waals surface area contributed by atoms with E-state index < -0.39 is 0 Å². The Morgan fingerprint density at radius 3 is 2.67 bits per heavy atom. The lowest BCUT2D eigenvalue weighted by Crippen LogP contribution is -2.41. The number of fused-ring (bicyclic) bond motifs is 2. The predicted octanol–water partition coefficient (Wildman–Crippen LogP) is 2.03. The standard InChI is InChI=1S/C12H22N2.ClH/c1-12(5-6-12)9-14-10-2-3-11(14)8-13-7-4-10;/h10-11,13H,2-9H2,1H3;1H. The Labute approximate surface area is 99.2 Å². The Balaban J connectivity index is 0.000000853. The summed E-state index contributed by atoms with van der Waals surface area (Å²) in [5.74, 6) is 0. The fourth-order valence-electron chi connectivity index (χ4n) is 3.15. The summed E-state index contributed by atoms with van der Waals surface area (Å²) in [6.45, 7) is 6.33. The SMILES string of the molecule is CC1(CN2C3CCNCC2CC3)CC1.Cl. The van der Waals surface area contributed by atoms with E-state index in [2.05, 4.69) is 17.1 Å². The van der Waals surface area contributed by atoms with E-state index in [9.17, 15) is 0 Å². The van der Waals surface area contributed by atoms with Crippen molar-refractivity contribution in [3.63, 3.8) is 0 Å². The van der Waals surface area contributed by atoms with Crippen molar-refractivity contribution in [1.29, 1.82) is 0 Å². The van der Waals surface area contributed by atoms with Gasteiger partial charge in [-0.1, -0.05) is 6.92 Å². The summed E-state index contributed by atoms with van der Waals surface area (Å²) in [6, 6.07) is 1.77. The molecular weight excluding hydrogens is 208 g/mol. The highest BCUT2D eigenvalue weighted by atomic mass is 35.5. The van der Waals surface area contributed by atoms with Crippen molar-refractivity contribution >= 4 is 12.4 Å². The predicted molar refractivity (Wildman–Crippen MR) is 65.6 cm³/mol. The zero-order valence-corrected chi connectivity index (χ0v) is 10.5. The van der Waals surface area contributed by atoms with Crippen LogP contribution < -0.4 is 5.32 Å². The molecule has 2 saturated heterocycles. The molecule has 88 valence electrons. The van der Waals surface area contributed by atoms with Crippen LogP contribution in [0.1, 0.15) is 39.0 Å². The van der Waals surface area contributed by atoms with Gasteiger partial charge < -0.3 is 5.32 Å². The lowest BCUT2D eigenvalue weighted by atomic mass is 10.1. The van der Waals surface area contributed by atoms with Gasteiger partial charge in [-0.3, -0.25) is 4.90 Å². The third kappa shape index (κ3) is 2.32. The molecule has 1 saturated carbocycles. The summed E-state index contributed by atoms with van der Waals surface area (Å²) in [6.07, 6.45) is 7.22. The number of nitrogens with one attached hydrogen (secondary N) is 1. The minimum absolute atomic E-state index is 0. The quantitative estimate of drug-likeness (QED) is 0.781. The zero-order chi connectivity index (χ0) is 9.60. The van der Waals surface area contributed by atoms with Gasteiger partial charge >= 0.3 is 0 Å². The second-order valence-electron chi connectivity index (χ2n) is 5.86. The van der Waals surface area contributed by atoms with Gasteiger partial charge in [0.2, 0.25) is 0 Å². The molecule has 0 spiro atoms. The molecule has 0 radical (unpaired) electrons. The lowest BCUT2D eigenvalue weighted by Gasteiger charge is -2.30. The van der Waals surface area contributed by atoms with Gasteiger partial charge in [-0.25, -0.2) is 0 Å². The fourth-order valence-corrected chi connectivity index (χ4v) is 3.15. The van der Waals surface area contributed by atoms with Gasteiger partial charge in [-0.05, 0) is 44.1 Å². The first kappa shape index (κ1) is 11.7. The van der Waals surface area contributed by atoms with Crippen LogP contribution in [-0.2, 0) is 0 Å². The largest absolute Gasteiger partial charge is 0.315 e. The van der Waals surface area contributed by atoms with Crippen LogP contribution in [0.3, 0.4) is 0 Å². The summed E-state index contributed by atoms with van der Waals surface area (Å²) in [5, 5.41) is 3.57. The summed E-state index contributed by atoms with van der Waals surface area (Å²) >= 11 is 0. The molecule has 2 heterocycles. The molecule has 2 nitrogen and oxygen atoms in total. The van der Waals surface area contributed by atoms with E-state index in [0.29, 0.717) is 5.41 Å². The first-order chi connectivity index (χ1) is 6.77. The Morgan fingerprint density at radius 2 is 1.93 bits per heavy atom. The van der Waals surface area contributed by atoms with Crippen LogP contribution in [0.2, 0.25) is 0 Å². The maximum Gasteiger partial charge on any atom is 0.0224 e. The minimum atomic E-state index is 0. The topological polar surface area (TPSA) is 15.3 Å². The molecule has 0 aromatic rings. The van der Waals surface area contributed by atoms with Crippen LogP contribution in [-0.4, -0.2) is 36.6 Å². The van der Waals surface area contributed by atoms with Crippen molar-refractivity contribution in [2.75, 3.05) is 19.6 Å². The van der Waals surface area contributed by atoms with E-state index in [-0.39, 0.29) is 12.4 Å². The van der Waals surface area contributed by atoms with Gasteiger partial charge in [-0.15, -0.1) is 12.4 Å². The number of rotatable bonds is 2. The van der Waals surface area contributed by atoms with E-state index >= 15 is 0 Å². The molecule has 0 amide bonds. The molecule has 15 heavy (non-hydrogen) atoms. The summed E-state index contributed by atoms with van der Waals surface area (Å²) < 4.78 is 0. The van der Waals surface area contributed by atoms with Crippen LogP contribution in [0, 0.1) is 5.41 Å². The first-order valence-corrected chi connectivity index (χ1v) is 6.23. The van der Waals surface area contributed by atoms with Crippen molar-refractivity contribution in [3.8, 4) is 0 Å². The molecule has 1 aliphatic carbocycles. The van der Waals surface area contributed by atoms with Crippen LogP contribution in [0.5, 0.6) is 0 Å². The molecule has 3 aliphatic rings. The van der Waals surface area contributed by atoms with Gasteiger partial charge in [0.15, 0.2) is 0 Å². The van der Waals surface area contributed by atoms with E-state index in [1.807, 2.05) is 0 Å². The molecule has 3 rings (SSSR count). The molecule has 2 atom stereocenters. The van der Waals surface area contributed by atoms with Crippen molar-refractivity contribution in [3.05, 3.63) is 0 Å². The molecular formula is C12H23ClN2. The van der Waals surface area contributed by atoms with Crippen LogP contribution in [0.4, 0.5) is 0 Å². The normalized spacial score (nSPS) is 38.2. The summed E-state index contributed by atoms with van der Waals surface area (Å²) in [7, 11) is 0. The molecule has 0 aromatic carbocycles. The highest BCUT2D eigenvalue weighted by Crippen LogP contribution is 2.47. The maximum atomic E-state index is 3.57. The highest BCUT2D eigenvalue weighted by molar-refractivity contribution is 5.85. The Bertz CT molecular complexity index is 214. The lowest BCUT2D eigenvalue weighted by molar-refractivity contribution is 0.167. The highest BCUT2D eigenvalue weighted by Gasteiger charge is 2.44. The van der Waals surface area contributed by atoms with Gasteiger partial charge in [0.05, 0.1) is 0 Å². The molecule has 2 bridgehead atoms. The van der Waals surface area contributed by atoms with Crippen molar-refractivity contribution in [2.24, 2.45) is 5.41 Å². The van der Waals surface area contributed by atoms with Gasteiger partial charge in [0.25, 0.3) is 0 Å². The number of nitrogens with zero attached hydrogens (tertiary/aromatic N) is 1. The number of hydrogen-bond donors (Lipinski definition) is 1. The molecule has 3 heteroatoms. The summed E-state index contributed by atoms with van der Waals surface area (Å²) in [4.78, 5) is 2.83. The van der Waals surface area contributed by atoms with E-state index in [4.69, 9.17) is 0 Å². The zero-order valence-electron chi connectivity index (χ0n) is 9.67. The average molecular weight is 231 g/mol. The van der Waals surface area contributed by atoms with E-state index in [1.165, 1.54) is 51.7 Å². The van der Waals surface area contributed by atoms with Crippen molar-refractivity contribution < 1.29 is 0 Å². The maximum absolute atomic E-state index is 3.57. The molecule has 0 aromatic heterocycles. The van der Waals surface area contributed by atoms with Crippen LogP contribution in [0.25, 0.3) is 0 Å². The molecule has 2 aliphatic heterocycles. The number of hydrogen-bond acceptors (Lipinski definition) is 2. The monoisotopic (exact) mass is 230 g/mol. The molecule has 2 unspecified atom stereocenters. The Morgan fingerprint density at radius 1 is 1.20 bits per heavy atom. The number of halogens is 1. The average Bonchev–Trinajstić information content (AvgIpc) is 2.75. The first-order valence-electron chi connectivity index (χ1n) is 6.23. The fraction of sp³-hybridized carbons (Fsp3) is 1.00. The molecule has 1 N–H and O–H groups in total. The van der Waals surface area contributed by atoms with Gasteiger partial charge in [0, 0.05) is 25.2 Å². The van der Waals surface area contributed by atoms with Crippen molar-refractivity contribution in [1.82, 2.24) is 10.2 Å². The van der Waals surface area contributed by atoms with E-state index in [0.717, 1.165) is 12.1 Å². The molecule has 3 fully saturated rings. The second-order valence-corrected chi connectivity index (χ2v) is 5.86. The van der Waals surface area contributed by atoms with Crippen molar-refractivity contribution in [2.45, 2.75) is 51.1 Å². The van der Waals surface area contributed by atoms with Crippen LogP contribution >= 0.6 is 12.4 Å². The third-order valence-corrected chi connectivity index (χ3v) is 4.47. The van der Waals surface area contributed by atoms with E-state index in [1.54, 1.807) is 0 Å². The van der Waals surface area contributed by atoms with Crippen LogP contribution in [0.15, 0.2) is 0 Å². The van der Waals surface area contributed by atoms with Gasteiger partial charge in [-0.2, -0.15) is 0 Å². The Hall–Kier alpha value is 0.210. The minimum Gasteiger partial charge on any atom is -0.315 e. The Kier molecular flexibility index (Phi) is 3.30.